The van der Waals surface area contributed by atoms with Gasteiger partial charge >= 0.3 is 29.6 Å². The van der Waals surface area contributed by atoms with E-state index in [1.807, 2.05) is 91.0 Å². The number of aromatic nitrogens is 1. The minimum atomic E-state index is -1.47. The first-order valence-corrected chi connectivity index (χ1v) is 18.4. The van der Waals surface area contributed by atoms with Crippen LogP contribution in [0.5, 0.6) is 0 Å². The van der Waals surface area contributed by atoms with Gasteiger partial charge in [0.15, 0.2) is 10.8 Å². The first-order valence-electron chi connectivity index (χ1n) is 15.5. The van der Waals surface area contributed by atoms with Gasteiger partial charge < -0.3 is 35.3 Å². The standard InChI is InChI=1S/C35H31N5O7S3.Na/c36-34-37-25(18-50-34)27(39-47-35(21-10-4-1-5-11-21,22-12-6-2-7-13-22)23-14-8-3-9-15-23)30(41)38-28-31(42)40-29(33(43)44)26(19-49-32(28)40)48-17-24-16-45-20-46-24;/h1-15,18,24,28,32H,16-17,19-20H2,(H2,36,37)(H,38,41)(H,43,44);/q;+1/p-1/b39-27-;/t24?,28?,32-;/m0./s1. The number of aliphatic carboxylic acids is 1. The second-order valence-corrected chi connectivity index (χ2v) is 14.5. The Morgan fingerprint density at radius 2 is 1.65 bits per heavy atom. The molecule has 3 aromatic carbocycles. The smallest absolute Gasteiger partial charge is 0.543 e. The number of rotatable bonds is 12. The van der Waals surface area contributed by atoms with Crippen LogP contribution < -0.4 is 45.7 Å². The fourth-order valence-corrected chi connectivity index (χ4v) is 9.13. The van der Waals surface area contributed by atoms with Crippen LogP contribution in [-0.4, -0.2) is 75.8 Å². The number of thioether (sulfide) groups is 2. The molecule has 16 heteroatoms. The van der Waals surface area contributed by atoms with Gasteiger partial charge in [-0.3, -0.25) is 14.5 Å². The summed E-state index contributed by atoms with van der Waals surface area (Å²) in [7, 11) is 0. The van der Waals surface area contributed by atoms with Crippen LogP contribution in [0.2, 0.25) is 0 Å². The Morgan fingerprint density at radius 3 is 2.16 bits per heavy atom. The molecule has 0 radical (unpaired) electrons. The van der Waals surface area contributed by atoms with E-state index in [-0.39, 0.29) is 64.7 Å². The average molecular weight is 752 g/mol. The number of anilines is 1. The molecule has 12 nitrogen and oxygen atoms in total. The van der Waals surface area contributed by atoms with Gasteiger partial charge in [0.2, 0.25) is 5.60 Å². The van der Waals surface area contributed by atoms with E-state index in [0.29, 0.717) is 23.0 Å². The first-order chi connectivity index (χ1) is 24.4. The number of carboxylic acid groups (broad SMARTS) is 1. The molecule has 2 saturated heterocycles. The number of thiazole rings is 1. The van der Waals surface area contributed by atoms with Crippen molar-refractivity contribution >= 4 is 63.5 Å². The molecule has 3 N–H and O–H groups in total. The summed E-state index contributed by atoms with van der Waals surface area (Å²) in [5.74, 6) is -2.02. The maximum atomic E-state index is 14.1. The van der Waals surface area contributed by atoms with E-state index in [9.17, 15) is 19.5 Å². The van der Waals surface area contributed by atoms with Crippen molar-refractivity contribution in [1.82, 2.24) is 15.2 Å². The van der Waals surface area contributed by atoms with Gasteiger partial charge in [-0.1, -0.05) is 96.2 Å². The molecule has 0 spiro atoms. The number of amides is 2. The number of ether oxygens (including phenoxy) is 2. The van der Waals surface area contributed by atoms with Crippen LogP contribution in [0.3, 0.4) is 0 Å². The van der Waals surface area contributed by atoms with Crippen molar-refractivity contribution < 1.29 is 63.4 Å². The van der Waals surface area contributed by atoms with E-state index in [4.69, 9.17) is 20.0 Å². The fourth-order valence-electron chi connectivity index (χ4n) is 5.95. The predicted octanol–water partition coefficient (Wildman–Crippen LogP) is -0.0904. The number of hydrogen-bond donors (Lipinski definition) is 2. The van der Waals surface area contributed by atoms with Gasteiger partial charge in [0.05, 0.1) is 24.4 Å². The topological polar surface area (TPSA) is 168 Å². The molecular formula is C35H30N5NaO7S3. The Hall–Kier alpha value is -3.67. The Bertz CT molecular complexity index is 1850. The molecule has 2 fully saturated rings. The molecule has 4 aromatic rings. The van der Waals surface area contributed by atoms with E-state index < -0.39 is 34.8 Å². The van der Waals surface area contributed by atoms with Gasteiger partial charge in [-0.05, 0) is 0 Å². The van der Waals surface area contributed by atoms with E-state index in [0.717, 1.165) is 28.0 Å². The van der Waals surface area contributed by atoms with E-state index >= 15 is 0 Å². The van der Waals surface area contributed by atoms with Gasteiger partial charge in [0.1, 0.15) is 23.9 Å². The summed E-state index contributed by atoms with van der Waals surface area (Å²) in [4.78, 5) is 52.4. The Morgan fingerprint density at radius 1 is 1.04 bits per heavy atom. The third-order valence-corrected chi connectivity index (χ3v) is 11.7. The number of carbonyl (C=O) groups excluding carboxylic acids is 3. The molecule has 7 rings (SSSR count). The summed E-state index contributed by atoms with van der Waals surface area (Å²) in [5, 5.41) is 20.6. The molecule has 3 atom stereocenters. The van der Waals surface area contributed by atoms with Crippen LogP contribution in [0.15, 0.2) is 112 Å². The Labute approximate surface area is 328 Å². The SMILES string of the molecule is Nc1nc(/C(=N/OC(c2ccccc2)(c2ccccc2)c2ccccc2)C(=O)NC2C(=O)N3C(C(=O)[O-])=C(SCC4COCO4)CS[C@@H]23)cs1.[Na+]. The van der Waals surface area contributed by atoms with Crippen LogP contribution in [0, 0.1) is 0 Å². The molecule has 1 aromatic heterocycles. The molecule has 0 bridgehead atoms. The normalized spacial score (nSPS) is 20.2. The number of hydrogen-bond acceptors (Lipinski definition) is 13. The summed E-state index contributed by atoms with van der Waals surface area (Å²) in [6.07, 6.45) is -0.179. The van der Waals surface area contributed by atoms with E-state index in [2.05, 4.69) is 15.5 Å². The summed E-state index contributed by atoms with van der Waals surface area (Å²) in [6.45, 7) is 0.602. The van der Waals surface area contributed by atoms with Crippen molar-refractivity contribution in [2.24, 2.45) is 5.16 Å². The molecule has 3 aliphatic rings. The van der Waals surface area contributed by atoms with Gasteiger partial charge in [0, 0.05) is 38.5 Å². The molecule has 4 heterocycles. The van der Waals surface area contributed by atoms with E-state index in [1.165, 1.54) is 28.4 Å². The van der Waals surface area contributed by atoms with Crippen LogP contribution in [-0.2, 0) is 34.3 Å². The zero-order valence-corrected chi connectivity index (χ0v) is 31.7. The third-order valence-electron chi connectivity index (χ3n) is 8.34. The summed E-state index contributed by atoms with van der Waals surface area (Å²) < 4.78 is 10.7. The monoisotopic (exact) mass is 751 g/mol. The number of carboxylic acids is 1. The number of nitrogens with one attached hydrogen (secondary N) is 1. The Balaban J connectivity index is 0.00000448. The first kappa shape index (κ1) is 37.1. The van der Waals surface area contributed by atoms with Crippen molar-refractivity contribution in [3.05, 3.63) is 129 Å². The van der Waals surface area contributed by atoms with Crippen LogP contribution in [0.1, 0.15) is 22.4 Å². The van der Waals surface area contributed by atoms with Gasteiger partial charge in [-0.15, -0.1) is 34.9 Å². The van der Waals surface area contributed by atoms with Gasteiger partial charge in [-0.2, -0.15) is 0 Å². The van der Waals surface area contributed by atoms with Crippen molar-refractivity contribution in [2.75, 3.05) is 30.6 Å². The number of nitrogen functional groups attached to an aromatic ring is 1. The number of β-lactam (4-membered cyclic amide) rings is 1. The Kier molecular flexibility index (Phi) is 11.9. The minimum Gasteiger partial charge on any atom is -0.543 e. The van der Waals surface area contributed by atoms with Crippen LogP contribution in [0.4, 0.5) is 5.13 Å². The van der Waals surface area contributed by atoms with Crippen molar-refractivity contribution in [1.29, 1.82) is 0 Å². The maximum Gasteiger partial charge on any atom is 1.00 e. The van der Waals surface area contributed by atoms with E-state index in [1.54, 1.807) is 5.38 Å². The van der Waals surface area contributed by atoms with Crippen molar-refractivity contribution in [2.45, 2.75) is 23.1 Å². The van der Waals surface area contributed by atoms with Crippen LogP contribution >= 0.6 is 34.9 Å². The minimum absolute atomic E-state index is 0. The molecule has 51 heavy (non-hydrogen) atoms. The predicted molar refractivity (Wildman–Crippen MR) is 189 cm³/mol. The maximum absolute atomic E-state index is 14.1. The average Bonchev–Trinajstić information content (AvgIpc) is 3.84. The van der Waals surface area contributed by atoms with Crippen molar-refractivity contribution in [3.8, 4) is 0 Å². The third kappa shape index (κ3) is 7.48. The molecule has 0 aliphatic carbocycles. The number of nitrogens with zero attached hydrogens (tertiary/aromatic N) is 3. The van der Waals surface area contributed by atoms with Crippen LogP contribution in [0.25, 0.3) is 0 Å². The summed E-state index contributed by atoms with van der Waals surface area (Å²) in [5.41, 5.74) is 6.69. The number of oxime groups is 1. The molecule has 2 unspecified atom stereocenters. The largest absolute Gasteiger partial charge is 1.00 e. The number of nitrogens with two attached hydrogens (primary N) is 1. The molecule has 256 valence electrons. The quantitative estimate of drug-likeness (QED) is 0.0653. The number of fused-ring (bicyclic) bond motifs is 1. The molecule has 2 amide bonds. The zero-order valence-electron chi connectivity index (χ0n) is 27.3. The van der Waals surface area contributed by atoms with Gasteiger partial charge in [0.25, 0.3) is 11.8 Å². The molecular weight excluding hydrogens is 722 g/mol. The second-order valence-electron chi connectivity index (χ2n) is 11.4. The zero-order chi connectivity index (χ0) is 34.7. The number of benzene rings is 3. The van der Waals surface area contributed by atoms with Gasteiger partial charge in [-0.25, -0.2) is 4.98 Å². The summed E-state index contributed by atoms with van der Waals surface area (Å²) in [6, 6.07) is 27.5. The molecule has 0 saturated carbocycles. The second kappa shape index (κ2) is 16.3. The molecule has 3 aliphatic heterocycles. The van der Waals surface area contributed by atoms with Crippen molar-refractivity contribution in [3.63, 3.8) is 0 Å². The summed E-state index contributed by atoms with van der Waals surface area (Å²) >= 11 is 3.76. The fraction of sp³-hybridized carbons (Fsp3) is 0.229. The number of carbonyl (C=O) groups is 3.